The number of rotatable bonds is 6. The SMILES string of the molecule is COC(=O)N1CCC(Oc2cc(C(=O)N[C@H](C)c3cnc(C(F)(F)F)nc3)cc(-c3ncc(C)s3)c2)CC1. The third kappa shape index (κ3) is 6.57. The summed E-state index contributed by atoms with van der Waals surface area (Å²) >= 11 is 1.47. The number of carbonyl (C=O) groups excluding carboxylic acids is 2. The Bertz CT molecular complexity index is 1290. The summed E-state index contributed by atoms with van der Waals surface area (Å²) in [6.07, 6.45) is -0.159. The molecule has 2 aromatic heterocycles. The largest absolute Gasteiger partial charge is 0.490 e. The molecule has 0 aliphatic carbocycles. The van der Waals surface area contributed by atoms with Gasteiger partial charge in [0.25, 0.3) is 5.91 Å². The van der Waals surface area contributed by atoms with E-state index in [4.69, 9.17) is 9.47 Å². The standard InChI is InChI=1S/C25H26F3N5O4S/c1-14-11-29-22(38-14)17-8-16(9-20(10-17)37-19-4-6-33(7-5-19)24(35)36-3)21(34)32-15(2)18-12-30-23(31-13-18)25(26,27)28/h8-13,15,19H,4-7H2,1-3H3,(H,32,34)/t15-/m1/s1. The van der Waals surface area contributed by atoms with Crippen LogP contribution < -0.4 is 10.1 Å². The Morgan fingerprint density at radius 3 is 2.37 bits per heavy atom. The van der Waals surface area contributed by atoms with E-state index in [-0.39, 0.29) is 12.2 Å². The number of nitrogens with zero attached hydrogens (tertiary/aromatic N) is 4. The number of nitrogens with one attached hydrogen (secondary N) is 1. The molecule has 1 aliphatic heterocycles. The zero-order valence-corrected chi connectivity index (χ0v) is 21.7. The van der Waals surface area contributed by atoms with E-state index in [1.54, 1.807) is 30.2 Å². The van der Waals surface area contributed by atoms with Gasteiger partial charge in [-0.25, -0.2) is 19.7 Å². The van der Waals surface area contributed by atoms with E-state index in [1.165, 1.54) is 18.4 Å². The molecule has 9 nitrogen and oxygen atoms in total. The van der Waals surface area contributed by atoms with Crippen LogP contribution in [-0.2, 0) is 10.9 Å². The highest BCUT2D eigenvalue weighted by Gasteiger charge is 2.34. The molecule has 38 heavy (non-hydrogen) atoms. The van der Waals surface area contributed by atoms with E-state index in [0.29, 0.717) is 53.4 Å². The van der Waals surface area contributed by atoms with Gasteiger partial charge < -0.3 is 19.7 Å². The molecule has 1 aromatic carbocycles. The third-order valence-corrected chi connectivity index (χ3v) is 6.95. The van der Waals surface area contributed by atoms with Crippen molar-refractivity contribution in [2.75, 3.05) is 20.2 Å². The Labute approximate surface area is 221 Å². The van der Waals surface area contributed by atoms with E-state index in [9.17, 15) is 22.8 Å². The number of piperidine rings is 1. The topological polar surface area (TPSA) is 107 Å². The Morgan fingerprint density at radius 2 is 1.79 bits per heavy atom. The maximum atomic E-state index is 13.2. The molecule has 1 aliphatic rings. The minimum atomic E-state index is -4.65. The van der Waals surface area contributed by atoms with E-state index in [2.05, 4.69) is 20.3 Å². The molecule has 202 valence electrons. The summed E-state index contributed by atoms with van der Waals surface area (Å²) in [6.45, 7) is 4.54. The van der Waals surface area contributed by atoms with Gasteiger partial charge in [0, 0.05) is 66.1 Å². The fourth-order valence-corrected chi connectivity index (χ4v) is 4.71. The summed E-state index contributed by atoms with van der Waals surface area (Å²) in [7, 11) is 1.34. The first-order valence-corrected chi connectivity index (χ1v) is 12.6. The lowest BCUT2D eigenvalue weighted by atomic mass is 10.1. The molecule has 0 unspecified atom stereocenters. The van der Waals surface area contributed by atoms with Gasteiger partial charge in [-0.05, 0) is 32.0 Å². The van der Waals surface area contributed by atoms with Crippen LogP contribution in [-0.4, -0.2) is 58.2 Å². The monoisotopic (exact) mass is 549 g/mol. The highest BCUT2D eigenvalue weighted by Crippen LogP contribution is 2.31. The normalized spacial score (nSPS) is 15.2. The predicted octanol–water partition coefficient (Wildman–Crippen LogP) is 5.03. The zero-order chi connectivity index (χ0) is 27.4. The van der Waals surface area contributed by atoms with Gasteiger partial charge in [-0.1, -0.05) is 0 Å². The summed E-state index contributed by atoms with van der Waals surface area (Å²) in [6, 6.07) is 4.47. The second-order valence-corrected chi connectivity index (χ2v) is 10.1. The van der Waals surface area contributed by atoms with Crippen LogP contribution in [0.15, 0.2) is 36.8 Å². The molecule has 2 amide bonds. The van der Waals surface area contributed by atoms with Crippen LogP contribution >= 0.6 is 11.3 Å². The number of thiazole rings is 1. The molecule has 13 heteroatoms. The first-order valence-electron chi connectivity index (χ1n) is 11.8. The fraction of sp³-hybridized carbons (Fsp3) is 0.400. The van der Waals surface area contributed by atoms with Gasteiger partial charge in [-0.3, -0.25) is 4.79 Å². The minimum Gasteiger partial charge on any atom is -0.490 e. The Balaban J connectivity index is 1.52. The number of likely N-dealkylation sites (tertiary alicyclic amines) is 1. The molecule has 1 atom stereocenters. The summed E-state index contributed by atoms with van der Waals surface area (Å²) < 4.78 is 49.3. The number of aromatic nitrogens is 3. The number of alkyl halides is 3. The van der Waals surface area contributed by atoms with Crippen molar-refractivity contribution < 1.29 is 32.2 Å². The fourth-order valence-electron chi connectivity index (χ4n) is 3.96. The number of hydrogen-bond donors (Lipinski definition) is 1. The molecule has 1 saturated heterocycles. The van der Waals surface area contributed by atoms with Crippen LogP contribution in [0.2, 0.25) is 0 Å². The van der Waals surface area contributed by atoms with Crippen LogP contribution in [0.4, 0.5) is 18.0 Å². The van der Waals surface area contributed by atoms with Crippen molar-refractivity contribution in [2.45, 2.75) is 45.0 Å². The smallest absolute Gasteiger partial charge is 0.451 e. The highest BCUT2D eigenvalue weighted by atomic mass is 32.1. The number of benzene rings is 1. The van der Waals surface area contributed by atoms with Gasteiger partial charge in [0.2, 0.25) is 5.82 Å². The third-order valence-electron chi connectivity index (χ3n) is 5.99. The van der Waals surface area contributed by atoms with Crippen molar-refractivity contribution in [1.82, 2.24) is 25.2 Å². The summed E-state index contributed by atoms with van der Waals surface area (Å²) in [5.41, 5.74) is 1.33. The van der Waals surface area contributed by atoms with Crippen molar-refractivity contribution in [3.8, 4) is 16.3 Å². The van der Waals surface area contributed by atoms with Crippen LogP contribution in [0.25, 0.3) is 10.6 Å². The number of amides is 2. The number of carbonyl (C=O) groups is 2. The van der Waals surface area contributed by atoms with Gasteiger partial charge >= 0.3 is 12.3 Å². The molecule has 0 saturated carbocycles. The van der Waals surface area contributed by atoms with Crippen LogP contribution in [0.3, 0.4) is 0 Å². The summed E-state index contributed by atoms with van der Waals surface area (Å²) in [4.78, 5) is 38.7. The van der Waals surface area contributed by atoms with Crippen LogP contribution in [0.1, 0.15) is 52.4 Å². The minimum absolute atomic E-state index is 0.164. The van der Waals surface area contributed by atoms with E-state index < -0.39 is 23.9 Å². The van der Waals surface area contributed by atoms with Crippen molar-refractivity contribution in [1.29, 1.82) is 0 Å². The van der Waals surface area contributed by atoms with Gasteiger partial charge in [0.15, 0.2) is 0 Å². The second kappa shape index (κ2) is 11.3. The van der Waals surface area contributed by atoms with E-state index in [1.807, 2.05) is 13.0 Å². The molecular weight excluding hydrogens is 523 g/mol. The maximum Gasteiger partial charge on any atom is 0.451 e. The van der Waals surface area contributed by atoms with E-state index >= 15 is 0 Å². The predicted molar refractivity (Wildman–Crippen MR) is 133 cm³/mol. The Morgan fingerprint density at radius 1 is 1.11 bits per heavy atom. The number of hydrogen-bond acceptors (Lipinski definition) is 8. The van der Waals surface area contributed by atoms with Crippen LogP contribution in [0.5, 0.6) is 5.75 Å². The molecule has 0 spiro atoms. The van der Waals surface area contributed by atoms with Gasteiger partial charge in [0.1, 0.15) is 16.9 Å². The lowest BCUT2D eigenvalue weighted by Crippen LogP contribution is -2.41. The van der Waals surface area contributed by atoms with Crippen molar-refractivity contribution >= 4 is 23.3 Å². The average Bonchev–Trinajstić information content (AvgIpc) is 3.34. The second-order valence-electron chi connectivity index (χ2n) is 8.83. The number of aryl methyl sites for hydroxylation is 1. The molecule has 1 N–H and O–H groups in total. The Hall–Kier alpha value is -3.74. The number of halogens is 3. The maximum absolute atomic E-state index is 13.2. The van der Waals surface area contributed by atoms with Crippen molar-refractivity contribution in [3.63, 3.8) is 0 Å². The number of methoxy groups -OCH3 is 1. The van der Waals surface area contributed by atoms with E-state index in [0.717, 1.165) is 17.3 Å². The van der Waals surface area contributed by atoms with Gasteiger partial charge in [-0.2, -0.15) is 13.2 Å². The Kier molecular flexibility index (Phi) is 8.14. The highest BCUT2D eigenvalue weighted by molar-refractivity contribution is 7.14. The van der Waals surface area contributed by atoms with Crippen molar-refractivity contribution in [2.24, 2.45) is 0 Å². The first kappa shape index (κ1) is 27.3. The van der Waals surface area contributed by atoms with Crippen LogP contribution in [0, 0.1) is 6.92 Å². The van der Waals surface area contributed by atoms with Crippen molar-refractivity contribution in [3.05, 3.63) is 58.6 Å². The van der Waals surface area contributed by atoms with Gasteiger partial charge in [-0.15, -0.1) is 11.3 Å². The molecule has 1 fully saturated rings. The number of ether oxygens (including phenoxy) is 2. The molecular formula is C25H26F3N5O4S. The molecule has 0 bridgehead atoms. The molecule has 0 radical (unpaired) electrons. The first-order chi connectivity index (χ1) is 18.0. The lowest BCUT2D eigenvalue weighted by Gasteiger charge is -2.31. The van der Waals surface area contributed by atoms with Gasteiger partial charge in [0.05, 0.1) is 13.2 Å². The summed E-state index contributed by atoms with van der Waals surface area (Å²) in [5, 5.41) is 3.49. The lowest BCUT2D eigenvalue weighted by molar-refractivity contribution is -0.145. The molecule has 3 aromatic rings. The molecule has 4 rings (SSSR count). The average molecular weight is 550 g/mol. The molecule has 3 heterocycles. The quantitative estimate of drug-likeness (QED) is 0.460. The summed E-state index contributed by atoms with van der Waals surface area (Å²) in [5.74, 6) is -1.22. The zero-order valence-electron chi connectivity index (χ0n) is 20.9.